The second-order valence-electron chi connectivity index (χ2n) is 7.36. The number of fused-ring (bicyclic) bond motifs is 1. The fourth-order valence-corrected chi connectivity index (χ4v) is 4.06. The van der Waals surface area contributed by atoms with Gasteiger partial charge in [-0.15, -0.1) is 0 Å². The van der Waals surface area contributed by atoms with Crippen LogP contribution in [0.4, 0.5) is 0 Å². The Hall–Kier alpha value is -3.34. The van der Waals surface area contributed by atoms with Gasteiger partial charge in [0, 0.05) is 18.3 Å². The molecule has 0 aliphatic carbocycles. The van der Waals surface area contributed by atoms with E-state index in [0.717, 1.165) is 22.4 Å². The number of aromatic nitrogens is 1. The van der Waals surface area contributed by atoms with Crippen molar-refractivity contribution < 1.29 is 14.3 Å². The molecule has 0 bridgehead atoms. The van der Waals surface area contributed by atoms with Gasteiger partial charge in [0.25, 0.3) is 5.91 Å². The summed E-state index contributed by atoms with van der Waals surface area (Å²) in [6.07, 6.45) is 1.76. The van der Waals surface area contributed by atoms with Crippen LogP contribution in [-0.2, 0) is 12.1 Å². The molecule has 1 amide bonds. The molecular weight excluding hydrogens is 376 g/mol. The van der Waals surface area contributed by atoms with Crippen LogP contribution in [0, 0.1) is 0 Å². The van der Waals surface area contributed by atoms with E-state index in [-0.39, 0.29) is 5.91 Å². The molecule has 0 spiro atoms. The predicted molar refractivity (Wildman–Crippen MR) is 116 cm³/mol. The molecule has 3 aromatic rings. The van der Waals surface area contributed by atoms with Crippen molar-refractivity contribution in [1.29, 1.82) is 0 Å². The van der Waals surface area contributed by atoms with Gasteiger partial charge in [-0.3, -0.25) is 9.78 Å². The second kappa shape index (κ2) is 8.19. The van der Waals surface area contributed by atoms with Crippen LogP contribution in [0.3, 0.4) is 0 Å². The number of pyridine rings is 1. The first kappa shape index (κ1) is 20.0. The normalized spacial score (nSPS) is 14.9. The van der Waals surface area contributed by atoms with Gasteiger partial charge in [0.15, 0.2) is 11.5 Å². The standard InChI is InChI=1S/C25H26N2O3/c1-4-29-21-14-13-19(16-22(21)30-5-2)25(3,23-12-8-9-15-26-23)27-17-18-10-6-7-11-20(18)24(27)28/h6-16H,4-5,17H2,1-3H3/t25-/m1/s1. The van der Waals surface area contributed by atoms with E-state index in [9.17, 15) is 4.79 Å². The lowest BCUT2D eigenvalue weighted by Crippen LogP contribution is -2.45. The van der Waals surface area contributed by atoms with Gasteiger partial charge in [0.1, 0.15) is 5.54 Å². The lowest BCUT2D eigenvalue weighted by molar-refractivity contribution is 0.0600. The molecule has 0 N–H and O–H groups in total. The van der Waals surface area contributed by atoms with Crippen molar-refractivity contribution in [3.8, 4) is 11.5 Å². The molecule has 0 radical (unpaired) electrons. The molecule has 1 atom stereocenters. The molecule has 0 saturated heterocycles. The van der Waals surface area contributed by atoms with Crippen LogP contribution in [-0.4, -0.2) is 29.0 Å². The van der Waals surface area contributed by atoms with Crippen molar-refractivity contribution in [2.45, 2.75) is 32.9 Å². The molecule has 2 heterocycles. The van der Waals surface area contributed by atoms with Gasteiger partial charge in [-0.25, -0.2) is 0 Å². The van der Waals surface area contributed by atoms with E-state index >= 15 is 0 Å². The molecule has 30 heavy (non-hydrogen) atoms. The molecule has 0 fully saturated rings. The zero-order valence-electron chi connectivity index (χ0n) is 17.6. The Morgan fingerprint density at radius 2 is 1.70 bits per heavy atom. The molecule has 5 heteroatoms. The van der Waals surface area contributed by atoms with E-state index in [0.29, 0.717) is 31.3 Å². The van der Waals surface area contributed by atoms with Gasteiger partial charge in [0.05, 0.1) is 18.9 Å². The minimum absolute atomic E-state index is 0.00518. The Morgan fingerprint density at radius 1 is 0.967 bits per heavy atom. The number of nitrogens with zero attached hydrogens (tertiary/aromatic N) is 2. The number of hydrogen-bond donors (Lipinski definition) is 0. The fourth-order valence-electron chi connectivity index (χ4n) is 4.06. The number of rotatable bonds is 7. The lowest BCUT2D eigenvalue weighted by atomic mass is 9.85. The van der Waals surface area contributed by atoms with E-state index < -0.39 is 5.54 Å². The summed E-state index contributed by atoms with van der Waals surface area (Å²) in [5.41, 5.74) is 2.73. The van der Waals surface area contributed by atoms with Crippen LogP contribution in [0.25, 0.3) is 0 Å². The maximum Gasteiger partial charge on any atom is 0.255 e. The summed E-state index contributed by atoms with van der Waals surface area (Å²) in [7, 11) is 0. The van der Waals surface area contributed by atoms with Crippen LogP contribution in [0.15, 0.2) is 66.9 Å². The molecule has 1 aliphatic rings. The average molecular weight is 402 g/mol. The summed E-state index contributed by atoms with van der Waals surface area (Å²) in [6.45, 7) is 7.54. The van der Waals surface area contributed by atoms with Crippen LogP contribution in [0.2, 0.25) is 0 Å². The first-order chi connectivity index (χ1) is 14.6. The quantitative estimate of drug-likeness (QED) is 0.570. The van der Waals surface area contributed by atoms with E-state index in [1.165, 1.54) is 0 Å². The Bertz CT molecular complexity index is 1050. The predicted octanol–water partition coefficient (Wildman–Crippen LogP) is 4.80. The molecule has 1 aromatic heterocycles. The van der Waals surface area contributed by atoms with E-state index in [4.69, 9.17) is 9.47 Å². The first-order valence-electron chi connectivity index (χ1n) is 10.3. The van der Waals surface area contributed by atoms with E-state index in [1.807, 2.05) is 86.3 Å². The SMILES string of the molecule is CCOc1ccc([C@](C)(c2ccccn2)N2Cc3ccccc3C2=O)cc1OCC. The van der Waals surface area contributed by atoms with Crippen molar-refractivity contribution in [1.82, 2.24) is 9.88 Å². The highest BCUT2D eigenvalue weighted by molar-refractivity contribution is 5.99. The second-order valence-corrected chi connectivity index (χ2v) is 7.36. The fraction of sp³-hybridized carbons (Fsp3) is 0.280. The lowest BCUT2D eigenvalue weighted by Gasteiger charge is -2.39. The highest BCUT2D eigenvalue weighted by Crippen LogP contribution is 2.42. The van der Waals surface area contributed by atoms with Gasteiger partial charge in [0.2, 0.25) is 0 Å². The molecule has 154 valence electrons. The topological polar surface area (TPSA) is 51.7 Å². The van der Waals surface area contributed by atoms with Crippen LogP contribution >= 0.6 is 0 Å². The van der Waals surface area contributed by atoms with Gasteiger partial charge < -0.3 is 14.4 Å². The third-order valence-electron chi connectivity index (χ3n) is 5.63. The number of ether oxygens (including phenoxy) is 2. The maximum absolute atomic E-state index is 13.4. The van der Waals surface area contributed by atoms with Gasteiger partial charge in [-0.05, 0) is 62.2 Å². The summed E-state index contributed by atoms with van der Waals surface area (Å²) in [5.74, 6) is 1.37. The highest BCUT2D eigenvalue weighted by atomic mass is 16.5. The summed E-state index contributed by atoms with van der Waals surface area (Å²) in [6, 6.07) is 19.5. The van der Waals surface area contributed by atoms with Crippen LogP contribution in [0.5, 0.6) is 11.5 Å². The minimum atomic E-state index is -0.770. The summed E-state index contributed by atoms with van der Waals surface area (Å²) >= 11 is 0. The smallest absolute Gasteiger partial charge is 0.255 e. The zero-order chi connectivity index (χ0) is 21.1. The van der Waals surface area contributed by atoms with Crippen molar-refractivity contribution in [2.75, 3.05) is 13.2 Å². The van der Waals surface area contributed by atoms with E-state index in [2.05, 4.69) is 4.98 Å². The van der Waals surface area contributed by atoms with Crippen molar-refractivity contribution >= 4 is 5.91 Å². The zero-order valence-corrected chi connectivity index (χ0v) is 17.6. The van der Waals surface area contributed by atoms with Gasteiger partial charge in [-0.1, -0.05) is 30.3 Å². The number of benzene rings is 2. The van der Waals surface area contributed by atoms with Crippen LogP contribution in [0.1, 0.15) is 48.0 Å². The van der Waals surface area contributed by atoms with E-state index in [1.54, 1.807) is 6.20 Å². The monoisotopic (exact) mass is 402 g/mol. The van der Waals surface area contributed by atoms with Gasteiger partial charge in [-0.2, -0.15) is 0 Å². The highest BCUT2D eigenvalue weighted by Gasteiger charge is 2.44. The Labute approximate surface area is 177 Å². The minimum Gasteiger partial charge on any atom is -0.490 e. The summed E-state index contributed by atoms with van der Waals surface area (Å²) < 4.78 is 11.6. The average Bonchev–Trinajstić information content (AvgIpc) is 3.12. The third kappa shape index (κ3) is 3.30. The first-order valence-corrected chi connectivity index (χ1v) is 10.3. The third-order valence-corrected chi connectivity index (χ3v) is 5.63. The molecule has 1 aliphatic heterocycles. The molecule has 0 saturated carbocycles. The molecule has 5 nitrogen and oxygen atoms in total. The largest absolute Gasteiger partial charge is 0.490 e. The molecular formula is C25H26N2O3. The number of carbonyl (C=O) groups is 1. The Morgan fingerprint density at radius 3 is 2.40 bits per heavy atom. The Kier molecular flexibility index (Phi) is 5.44. The summed E-state index contributed by atoms with van der Waals surface area (Å²) in [4.78, 5) is 19.9. The number of amides is 1. The summed E-state index contributed by atoms with van der Waals surface area (Å²) in [5, 5.41) is 0. The van der Waals surface area contributed by atoms with Crippen molar-refractivity contribution in [2.24, 2.45) is 0 Å². The van der Waals surface area contributed by atoms with Crippen molar-refractivity contribution in [3.05, 3.63) is 89.2 Å². The molecule has 0 unspecified atom stereocenters. The number of hydrogen-bond acceptors (Lipinski definition) is 4. The number of carbonyl (C=O) groups excluding carboxylic acids is 1. The van der Waals surface area contributed by atoms with Crippen molar-refractivity contribution in [3.63, 3.8) is 0 Å². The molecule has 2 aromatic carbocycles. The molecule has 4 rings (SSSR count). The Balaban J connectivity index is 1.86. The van der Waals surface area contributed by atoms with Crippen LogP contribution < -0.4 is 9.47 Å². The maximum atomic E-state index is 13.4. The van der Waals surface area contributed by atoms with Gasteiger partial charge >= 0.3 is 0 Å².